The first kappa shape index (κ1) is 9.49. The third-order valence-corrected chi connectivity index (χ3v) is 6.04. The summed E-state index contributed by atoms with van der Waals surface area (Å²) in [5, 5.41) is 3.42. The molecule has 1 N–H and O–H groups in total. The lowest BCUT2D eigenvalue weighted by Crippen LogP contribution is -2.62. The van der Waals surface area contributed by atoms with E-state index in [1.807, 2.05) is 0 Å². The lowest BCUT2D eigenvalue weighted by Gasteiger charge is -2.60. The third kappa shape index (κ3) is 1.01. The molecule has 16 heavy (non-hydrogen) atoms. The Labute approximate surface area is 97.2 Å². The summed E-state index contributed by atoms with van der Waals surface area (Å²) in [5.41, 5.74) is 0.240. The van der Waals surface area contributed by atoms with Crippen LogP contribution in [0.5, 0.6) is 0 Å². The number of hydrogen-bond donors (Lipinski definition) is 1. The number of carbonyl (C=O) groups excluding carboxylic acids is 1. The molecule has 1 atom stereocenters. The minimum absolute atomic E-state index is 0.240. The first-order valence-corrected chi connectivity index (χ1v) is 6.99. The van der Waals surface area contributed by atoms with Crippen molar-refractivity contribution >= 4 is 5.91 Å². The van der Waals surface area contributed by atoms with Gasteiger partial charge in [-0.2, -0.15) is 0 Å². The van der Waals surface area contributed by atoms with Crippen LogP contribution in [0.25, 0.3) is 0 Å². The predicted molar refractivity (Wildman–Crippen MR) is 61.7 cm³/mol. The van der Waals surface area contributed by atoms with Crippen LogP contribution in [-0.4, -0.2) is 11.4 Å². The van der Waals surface area contributed by atoms with Crippen LogP contribution in [-0.2, 0) is 4.79 Å². The van der Waals surface area contributed by atoms with Crippen molar-refractivity contribution in [3.8, 4) is 0 Å². The highest BCUT2D eigenvalue weighted by molar-refractivity contribution is 5.82. The standard InChI is InChI=1S/C14H21NO/c1-8-7-14(15-13(8)16)11-3-9-2-10(5-11)6-12(14)4-9/h8-12H,2-7H2,1H3,(H,15,16). The van der Waals surface area contributed by atoms with E-state index in [4.69, 9.17) is 0 Å². The van der Waals surface area contributed by atoms with Gasteiger partial charge in [-0.1, -0.05) is 6.92 Å². The average Bonchev–Trinajstić information content (AvgIpc) is 2.52. The molecular formula is C14H21NO. The van der Waals surface area contributed by atoms with Crippen LogP contribution in [0, 0.1) is 29.6 Å². The Morgan fingerprint density at radius 3 is 2.06 bits per heavy atom. The molecule has 4 aliphatic carbocycles. The van der Waals surface area contributed by atoms with Crippen LogP contribution in [0.1, 0.15) is 45.4 Å². The Kier molecular flexibility index (Phi) is 1.68. The highest BCUT2D eigenvalue weighted by Crippen LogP contribution is 2.60. The van der Waals surface area contributed by atoms with Crippen molar-refractivity contribution < 1.29 is 4.79 Å². The number of nitrogens with one attached hydrogen (secondary N) is 1. The van der Waals surface area contributed by atoms with Gasteiger partial charge in [0.2, 0.25) is 5.91 Å². The number of amides is 1. The summed E-state index contributed by atoms with van der Waals surface area (Å²) in [5.74, 6) is 4.22. The van der Waals surface area contributed by atoms with Crippen molar-refractivity contribution in [1.82, 2.24) is 5.32 Å². The maximum atomic E-state index is 11.9. The molecule has 88 valence electrons. The molecule has 4 saturated carbocycles. The van der Waals surface area contributed by atoms with E-state index < -0.39 is 0 Å². The van der Waals surface area contributed by atoms with Crippen LogP contribution >= 0.6 is 0 Å². The second-order valence-electron chi connectivity index (χ2n) is 6.94. The Morgan fingerprint density at radius 1 is 1.06 bits per heavy atom. The van der Waals surface area contributed by atoms with Gasteiger partial charge in [-0.15, -0.1) is 0 Å². The molecule has 1 unspecified atom stereocenters. The monoisotopic (exact) mass is 219 g/mol. The quantitative estimate of drug-likeness (QED) is 0.665. The number of rotatable bonds is 0. The molecule has 1 spiro atoms. The Morgan fingerprint density at radius 2 is 1.62 bits per heavy atom. The van der Waals surface area contributed by atoms with Gasteiger partial charge >= 0.3 is 0 Å². The average molecular weight is 219 g/mol. The SMILES string of the molecule is CC1CC2(NC1=O)C1CC3CC(C1)CC2C3. The van der Waals surface area contributed by atoms with E-state index in [0.29, 0.717) is 5.91 Å². The zero-order valence-electron chi connectivity index (χ0n) is 10.0. The van der Waals surface area contributed by atoms with Crippen LogP contribution in [0.15, 0.2) is 0 Å². The topological polar surface area (TPSA) is 29.1 Å². The minimum atomic E-state index is 0.240. The van der Waals surface area contributed by atoms with Gasteiger partial charge < -0.3 is 5.32 Å². The Bertz CT molecular complexity index is 321. The summed E-state index contributed by atoms with van der Waals surface area (Å²) in [6.45, 7) is 2.11. The van der Waals surface area contributed by atoms with Crippen molar-refractivity contribution in [3.05, 3.63) is 0 Å². The zero-order valence-corrected chi connectivity index (χ0v) is 10.0. The largest absolute Gasteiger partial charge is 0.350 e. The molecular weight excluding hydrogens is 198 g/mol. The fourth-order valence-electron chi connectivity index (χ4n) is 5.57. The van der Waals surface area contributed by atoms with Gasteiger partial charge in [-0.3, -0.25) is 4.79 Å². The van der Waals surface area contributed by atoms with Crippen molar-refractivity contribution in [3.63, 3.8) is 0 Å². The van der Waals surface area contributed by atoms with Crippen molar-refractivity contribution in [2.75, 3.05) is 0 Å². The summed E-state index contributed by atoms with van der Waals surface area (Å²) in [6, 6.07) is 0. The zero-order chi connectivity index (χ0) is 10.9. The van der Waals surface area contributed by atoms with Gasteiger partial charge in [-0.25, -0.2) is 0 Å². The van der Waals surface area contributed by atoms with E-state index in [-0.39, 0.29) is 11.5 Å². The summed E-state index contributed by atoms with van der Waals surface area (Å²) < 4.78 is 0. The number of hydrogen-bond acceptors (Lipinski definition) is 1. The molecule has 0 aromatic rings. The summed E-state index contributed by atoms with van der Waals surface area (Å²) in [4.78, 5) is 11.9. The van der Waals surface area contributed by atoms with E-state index in [0.717, 1.165) is 30.1 Å². The molecule has 0 aromatic carbocycles. The van der Waals surface area contributed by atoms with E-state index in [1.54, 1.807) is 0 Å². The fraction of sp³-hybridized carbons (Fsp3) is 0.929. The van der Waals surface area contributed by atoms with Crippen LogP contribution in [0.3, 0.4) is 0 Å². The second kappa shape index (κ2) is 2.83. The molecule has 0 radical (unpaired) electrons. The molecule has 4 bridgehead atoms. The van der Waals surface area contributed by atoms with Gasteiger partial charge in [0.1, 0.15) is 0 Å². The van der Waals surface area contributed by atoms with Crippen molar-refractivity contribution in [2.45, 2.75) is 51.0 Å². The first-order valence-electron chi connectivity index (χ1n) is 6.99. The molecule has 0 aromatic heterocycles. The molecule has 2 heteroatoms. The summed E-state index contributed by atoms with van der Waals surface area (Å²) in [7, 11) is 0. The number of carbonyl (C=O) groups is 1. The molecule has 1 amide bonds. The Balaban J connectivity index is 1.72. The Hall–Kier alpha value is -0.530. The maximum Gasteiger partial charge on any atom is 0.223 e. The first-order chi connectivity index (χ1) is 7.67. The lowest BCUT2D eigenvalue weighted by atomic mass is 9.48. The van der Waals surface area contributed by atoms with Crippen LogP contribution < -0.4 is 5.32 Å². The lowest BCUT2D eigenvalue weighted by molar-refractivity contribution is -0.125. The molecule has 5 rings (SSSR count). The van der Waals surface area contributed by atoms with E-state index >= 15 is 0 Å². The smallest absolute Gasteiger partial charge is 0.223 e. The molecule has 1 saturated heterocycles. The molecule has 1 aliphatic heterocycles. The highest BCUT2D eigenvalue weighted by atomic mass is 16.2. The molecule has 5 fully saturated rings. The summed E-state index contributed by atoms with van der Waals surface area (Å²) >= 11 is 0. The van der Waals surface area contributed by atoms with Gasteiger partial charge in [0, 0.05) is 11.5 Å². The van der Waals surface area contributed by atoms with Crippen molar-refractivity contribution in [2.24, 2.45) is 29.6 Å². The third-order valence-electron chi connectivity index (χ3n) is 6.04. The molecule has 1 heterocycles. The fourth-order valence-corrected chi connectivity index (χ4v) is 5.57. The minimum Gasteiger partial charge on any atom is -0.350 e. The van der Waals surface area contributed by atoms with E-state index in [9.17, 15) is 4.79 Å². The van der Waals surface area contributed by atoms with Crippen LogP contribution in [0.2, 0.25) is 0 Å². The van der Waals surface area contributed by atoms with Gasteiger partial charge in [0.15, 0.2) is 0 Å². The van der Waals surface area contributed by atoms with E-state index in [2.05, 4.69) is 12.2 Å². The second-order valence-corrected chi connectivity index (χ2v) is 6.94. The van der Waals surface area contributed by atoms with Crippen molar-refractivity contribution in [1.29, 1.82) is 0 Å². The van der Waals surface area contributed by atoms with Gasteiger partial charge in [0.05, 0.1) is 0 Å². The predicted octanol–water partition coefficient (Wildman–Crippen LogP) is 2.34. The highest BCUT2D eigenvalue weighted by Gasteiger charge is 2.60. The van der Waals surface area contributed by atoms with E-state index in [1.165, 1.54) is 32.1 Å². The van der Waals surface area contributed by atoms with Crippen LogP contribution in [0.4, 0.5) is 0 Å². The van der Waals surface area contributed by atoms with Gasteiger partial charge in [0.25, 0.3) is 0 Å². The molecule has 2 nitrogen and oxygen atoms in total. The normalized spacial score (nSPS) is 58.3. The van der Waals surface area contributed by atoms with Gasteiger partial charge in [-0.05, 0) is 62.2 Å². The molecule has 5 aliphatic rings. The summed E-state index contributed by atoms with van der Waals surface area (Å²) in [6.07, 6.45) is 8.23. The maximum absolute atomic E-state index is 11.9.